The Morgan fingerprint density at radius 3 is 1.81 bits per heavy atom. The van der Waals surface area contributed by atoms with Crippen LogP contribution in [0.15, 0.2) is 0 Å². The summed E-state index contributed by atoms with van der Waals surface area (Å²) < 4.78 is 38.2. The van der Waals surface area contributed by atoms with Crippen molar-refractivity contribution in [3.05, 3.63) is 22.3 Å². The lowest BCUT2D eigenvalue weighted by Gasteiger charge is -2.38. The minimum Gasteiger partial charge on any atom is -0.507 e. The van der Waals surface area contributed by atoms with Crippen LogP contribution in [0, 0.1) is 38.5 Å². The molecule has 1 aromatic rings. The number of aromatic hydroxyl groups is 1. The molecular weight excluding hydrogens is 476 g/mol. The van der Waals surface area contributed by atoms with Crippen LogP contribution in [0.5, 0.6) is 11.5 Å². The molecule has 0 amide bonds. The molecule has 6 nitrogen and oxygen atoms in total. The minimum atomic E-state index is -4.67. The summed E-state index contributed by atoms with van der Waals surface area (Å²) in [4.78, 5) is 0. The predicted octanol–water partition coefficient (Wildman–Crippen LogP) is 8.19. The van der Waals surface area contributed by atoms with Crippen molar-refractivity contribution in [2.45, 2.75) is 132 Å². The van der Waals surface area contributed by atoms with Gasteiger partial charge in [-0.15, -0.1) is 0 Å². The first-order valence-electron chi connectivity index (χ1n) is 13.7. The highest BCUT2D eigenvalue weighted by molar-refractivity contribution is 7.79. The number of phenols is 1. The summed E-state index contributed by atoms with van der Waals surface area (Å²) in [5.41, 5.74) is 4.23. The summed E-state index contributed by atoms with van der Waals surface area (Å²) in [5.74, 6) is 4.04. The molecule has 0 saturated carbocycles. The molecule has 1 aliphatic heterocycles. The lowest BCUT2D eigenvalue weighted by Crippen LogP contribution is -2.37. The summed E-state index contributed by atoms with van der Waals surface area (Å²) in [7, 11) is -4.67. The maximum absolute atomic E-state index is 10.4. The molecule has 0 aromatic heterocycles. The van der Waals surface area contributed by atoms with Crippen LogP contribution in [-0.2, 0) is 16.8 Å². The van der Waals surface area contributed by atoms with E-state index < -0.39 is 10.4 Å². The molecule has 0 unspecified atom stereocenters. The number of hydrogen-bond acceptors (Lipinski definition) is 4. The smallest absolute Gasteiger partial charge is 0.394 e. The molecule has 0 saturated heterocycles. The van der Waals surface area contributed by atoms with Crippen LogP contribution in [0.2, 0.25) is 0 Å². The fourth-order valence-corrected chi connectivity index (χ4v) is 5.27. The van der Waals surface area contributed by atoms with Gasteiger partial charge in [-0.05, 0) is 87.8 Å². The number of ether oxygens (including phenoxy) is 1. The van der Waals surface area contributed by atoms with Gasteiger partial charge in [-0.25, -0.2) is 0 Å². The van der Waals surface area contributed by atoms with E-state index in [0.29, 0.717) is 5.75 Å². The average molecular weight is 529 g/mol. The molecular formula is C29H52O6S. The summed E-state index contributed by atoms with van der Waals surface area (Å²) in [6, 6.07) is 0. The molecule has 7 heteroatoms. The molecule has 0 bridgehead atoms. The first kappa shape index (κ1) is 32.7. The van der Waals surface area contributed by atoms with Gasteiger partial charge in [0.2, 0.25) is 0 Å². The van der Waals surface area contributed by atoms with Crippen LogP contribution in [0.1, 0.15) is 121 Å². The Morgan fingerprint density at radius 1 is 0.833 bits per heavy atom. The van der Waals surface area contributed by atoms with E-state index in [1.165, 1.54) is 56.9 Å². The Bertz CT molecular complexity index is 916. The average Bonchev–Trinajstić information content (AvgIpc) is 2.74. The fourth-order valence-electron chi connectivity index (χ4n) is 5.27. The third-order valence-electron chi connectivity index (χ3n) is 7.87. The normalized spacial score (nSPS) is 19.2. The van der Waals surface area contributed by atoms with E-state index in [0.717, 1.165) is 59.5 Å². The molecule has 1 heterocycles. The van der Waals surface area contributed by atoms with Crippen molar-refractivity contribution < 1.29 is 27.4 Å². The number of rotatable bonds is 12. The van der Waals surface area contributed by atoms with Crippen LogP contribution in [-0.4, -0.2) is 28.2 Å². The largest absolute Gasteiger partial charge is 0.507 e. The molecule has 0 radical (unpaired) electrons. The zero-order valence-electron chi connectivity index (χ0n) is 24.0. The zero-order chi connectivity index (χ0) is 27.7. The van der Waals surface area contributed by atoms with Crippen molar-refractivity contribution >= 4 is 10.4 Å². The number of phenolic OH excluding ortho intramolecular Hbond substituents is 1. The molecule has 1 aliphatic rings. The van der Waals surface area contributed by atoms with Crippen molar-refractivity contribution in [3.63, 3.8) is 0 Å². The molecule has 0 fully saturated rings. The quantitative estimate of drug-likeness (QED) is 0.236. The number of fused-ring (bicyclic) bond motifs is 1. The van der Waals surface area contributed by atoms with Gasteiger partial charge in [0, 0.05) is 5.56 Å². The van der Waals surface area contributed by atoms with Crippen LogP contribution in [0.25, 0.3) is 0 Å². The SMILES string of the molecule is Cc1c(C)c2c(c(C)c1O)CC[C@@](C)(CCC[C@H](C)CCC[C@H](C)CCCC(C)C)O2.O=S(=O)(O)O. The Labute approximate surface area is 220 Å². The molecule has 2 rings (SSSR count). The summed E-state index contributed by atoms with van der Waals surface area (Å²) in [6.45, 7) is 17.9. The summed E-state index contributed by atoms with van der Waals surface area (Å²) >= 11 is 0. The lowest BCUT2D eigenvalue weighted by atomic mass is 9.84. The van der Waals surface area contributed by atoms with E-state index >= 15 is 0 Å². The van der Waals surface area contributed by atoms with Crippen molar-refractivity contribution in [2.75, 3.05) is 0 Å². The molecule has 1 aromatic carbocycles. The van der Waals surface area contributed by atoms with E-state index in [1.807, 2.05) is 13.8 Å². The predicted molar refractivity (Wildman–Crippen MR) is 149 cm³/mol. The topological polar surface area (TPSA) is 104 Å². The standard InChI is InChI=1S/C29H50O2.H2O4S/c1-20(2)12-9-13-21(3)14-10-15-22(4)16-11-18-29(8)19-17-26-25(7)27(30)23(5)24(6)28(26)31-29;1-5(2,3)4/h20-22,30H,9-19H2,1-8H3;(H2,1,2,3,4)/t21-,22-,29-;/m1./s1. The van der Waals surface area contributed by atoms with E-state index in [4.69, 9.17) is 22.3 Å². The second-order valence-corrected chi connectivity index (χ2v) is 12.8. The Kier molecular flexibility index (Phi) is 13.3. The Morgan fingerprint density at radius 2 is 1.31 bits per heavy atom. The maximum atomic E-state index is 10.4. The fraction of sp³-hybridized carbons (Fsp3) is 0.793. The number of hydrogen-bond donors (Lipinski definition) is 3. The highest BCUT2D eigenvalue weighted by Crippen LogP contribution is 2.44. The molecule has 3 atom stereocenters. The Balaban J connectivity index is 0.00000118. The van der Waals surface area contributed by atoms with Gasteiger partial charge in [0.1, 0.15) is 17.1 Å². The molecule has 3 N–H and O–H groups in total. The van der Waals surface area contributed by atoms with Crippen LogP contribution >= 0.6 is 0 Å². The van der Waals surface area contributed by atoms with Gasteiger partial charge in [-0.3, -0.25) is 9.11 Å². The van der Waals surface area contributed by atoms with Crippen LogP contribution in [0.4, 0.5) is 0 Å². The molecule has 0 aliphatic carbocycles. The molecule has 0 spiro atoms. The first-order valence-corrected chi connectivity index (χ1v) is 15.1. The van der Waals surface area contributed by atoms with Gasteiger partial charge in [-0.2, -0.15) is 8.42 Å². The van der Waals surface area contributed by atoms with Gasteiger partial charge in [0.15, 0.2) is 0 Å². The van der Waals surface area contributed by atoms with Crippen molar-refractivity contribution in [1.82, 2.24) is 0 Å². The molecule has 36 heavy (non-hydrogen) atoms. The Hall–Kier alpha value is -1.31. The second-order valence-electron chi connectivity index (χ2n) is 11.9. The summed E-state index contributed by atoms with van der Waals surface area (Å²) in [5, 5.41) is 10.4. The van der Waals surface area contributed by atoms with Crippen molar-refractivity contribution in [1.29, 1.82) is 0 Å². The highest BCUT2D eigenvalue weighted by atomic mass is 32.3. The van der Waals surface area contributed by atoms with Crippen molar-refractivity contribution in [3.8, 4) is 11.5 Å². The second kappa shape index (κ2) is 14.6. The van der Waals surface area contributed by atoms with Crippen LogP contribution < -0.4 is 4.74 Å². The highest BCUT2D eigenvalue weighted by Gasteiger charge is 2.34. The van der Waals surface area contributed by atoms with E-state index in [-0.39, 0.29) is 5.60 Å². The van der Waals surface area contributed by atoms with E-state index in [9.17, 15) is 5.11 Å². The monoisotopic (exact) mass is 528 g/mol. The summed E-state index contributed by atoms with van der Waals surface area (Å²) in [6.07, 6.45) is 14.1. The van der Waals surface area contributed by atoms with Gasteiger partial charge >= 0.3 is 10.4 Å². The van der Waals surface area contributed by atoms with E-state index in [2.05, 4.69) is 41.5 Å². The van der Waals surface area contributed by atoms with Crippen LogP contribution in [0.3, 0.4) is 0 Å². The number of benzene rings is 1. The van der Waals surface area contributed by atoms with Gasteiger partial charge in [-0.1, -0.05) is 72.6 Å². The minimum absolute atomic E-state index is 0.0712. The van der Waals surface area contributed by atoms with Gasteiger partial charge < -0.3 is 9.84 Å². The third-order valence-corrected chi connectivity index (χ3v) is 7.87. The van der Waals surface area contributed by atoms with Crippen molar-refractivity contribution in [2.24, 2.45) is 17.8 Å². The van der Waals surface area contributed by atoms with E-state index in [1.54, 1.807) is 0 Å². The zero-order valence-corrected chi connectivity index (χ0v) is 24.8. The molecule has 210 valence electrons. The first-order chi connectivity index (χ1) is 16.5. The van der Waals surface area contributed by atoms with Gasteiger partial charge in [0.05, 0.1) is 0 Å². The van der Waals surface area contributed by atoms with Gasteiger partial charge in [0.25, 0.3) is 0 Å². The maximum Gasteiger partial charge on any atom is 0.394 e. The lowest BCUT2D eigenvalue weighted by molar-refractivity contribution is 0.0511. The third kappa shape index (κ3) is 11.8.